The van der Waals surface area contributed by atoms with Gasteiger partial charge >= 0.3 is 0 Å². The fourth-order valence-corrected chi connectivity index (χ4v) is 5.06. The summed E-state index contributed by atoms with van der Waals surface area (Å²) in [5.41, 5.74) is 0.811. The summed E-state index contributed by atoms with van der Waals surface area (Å²) >= 11 is 1.35. The van der Waals surface area contributed by atoms with E-state index in [1.807, 2.05) is 24.3 Å². The molecular formula is C13H14N2O3S2. The molecule has 1 saturated heterocycles. The maximum atomic E-state index is 12.0. The highest BCUT2D eigenvalue weighted by molar-refractivity contribution is 7.91. The quantitative estimate of drug-likeness (QED) is 0.931. The first-order chi connectivity index (χ1) is 9.53. The first-order valence-corrected chi connectivity index (χ1v) is 9.01. The lowest BCUT2D eigenvalue weighted by atomic mass is 10.1. The number of aromatic nitrogens is 1. The van der Waals surface area contributed by atoms with Gasteiger partial charge < -0.3 is 5.32 Å². The van der Waals surface area contributed by atoms with Gasteiger partial charge in [-0.15, -0.1) is 11.3 Å². The molecule has 1 amide bonds. The number of hydrogen-bond donors (Lipinski definition) is 1. The van der Waals surface area contributed by atoms with Crippen LogP contribution in [-0.2, 0) is 9.84 Å². The molecule has 7 heteroatoms. The smallest absolute Gasteiger partial charge is 0.280 e. The number of benzene rings is 1. The molecule has 1 fully saturated rings. The van der Waals surface area contributed by atoms with E-state index >= 15 is 0 Å². The highest BCUT2D eigenvalue weighted by Crippen LogP contribution is 2.22. The molecule has 20 heavy (non-hydrogen) atoms. The Kier molecular flexibility index (Phi) is 3.47. The first kappa shape index (κ1) is 13.5. The Morgan fingerprint density at radius 1 is 1.40 bits per heavy atom. The SMILES string of the molecule is O=C(NC[C@H]1CCS(=O)(=O)C1)c1nc2ccccc2s1. The van der Waals surface area contributed by atoms with Crippen molar-refractivity contribution >= 4 is 37.3 Å². The zero-order chi connectivity index (χ0) is 14.2. The van der Waals surface area contributed by atoms with Gasteiger partial charge in [0.05, 0.1) is 21.7 Å². The molecule has 2 aromatic rings. The van der Waals surface area contributed by atoms with Crippen LogP contribution in [0.3, 0.4) is 0 Å². The van der Waals surface area contributed by atoms with Crippen molar-refractivity contribution in [2.45, 2.75) is 6.42 Å². The molecule has 0 bridgehead atoms. The number of para-hydroxylation sites is 1. The summed E-state index contributed by atoms with van der Waals surface area (Å²) < 4.78 is 23.7. The third-order valence-corrected chi connectivity index (χ3v) is 6.24. The number of carbonyl (C=O) groups is 1. The lowest BCUT2D eigenvalue weighted by molar-refractivity contribution is 0.0948. The van der Waals surface area contributed by atoms with Gasteiger partial charge in [-0.1, -0.05) is 12.1 Å². The molecule has 1 aromatic carbocycles. The van der Waals surface area contributed by atoms with Crippen LogP contribution in [0.15, 0.2) is 24.3 Å². The Morgan fingerprint density at radius 3 is 2.90 bits per heavy atom. The number of carbonyl (C=O) groups excluding carboxylic acids is 1. The van der Waals surface area contributed by atoms with Crippen LogP contribution in [-0.4, -0.2) is 37.4 Å². The van der Waals surface area contributed by atoms with Crippen molar-refractivity contribution in [3.8, 4) is 0 Å². The second-order valence-corrected chi connectivity index (χ2v) is 8.23. The molecule has 1 atom stereocenters. The van der Waals surface area contributed by atoms with Gasteiger partial charge in [-0.2, -0.15) is 0 Å². The summed E-state index contributed by atoms with van der Waals surface area (Å²) in [6.45, 7) is 0.397. The minimum Gasteiger partial charge on any atom is -0.350 e. The lowest BCUT2D eigenvalue weighted by Crippen LogP contribution is -2.29. The van der Waals surface area contributed by atoms with E-state index in [0.29, 0.717) is 18.0 Å². The van der Waals surface area contributed by atoms with Gasteiger partial charge in [0.2, 0.25) is 0 Å². The molecule has 0 aliphatic carbocycles. The summed E-state index contributed by atoms with van der Waals surface area (Å²) in [6, 6.07) is 7.58. The Hall–Kier alpha value is -1.47. The van der Waals surface area contributed by atoms with Crippen LogP contribution in [0.1, 0.15) is 16.2 Å². The van der Waals surface area contributed by atoms with Crippen LogP contribution in [0.25, 0.3) is 10.2 Å². The predicted octanol–water partition coefficient (Wildman–Crippen LogP) is 1.46. The minimum absolute atomic E-state index is 0.0262. The summed E-state index contributed by atoms with van der Waals surface area (Å²) in [6.07, 6.45) is 0.627. The highest BCUT2D eigenvalue weighted by Gasteiger charge is 2.28. The Labute approximate surface area is 120 Å². The highest BCUT2D eigenvalue weighted by atomic mass is 32.2. The van der Waals surface area contributed by atoms with E-state index in [-0.39, 0.29) is 23.3 Å². The molecule has 1 aliphatic rings. The number of fused-ring (bicyclic) bond motifs is 1. The Morgan fingerprint density at radius 2 is 2.20 bits per heavy atom. The Bertz CT molecular complexity index is 719. The van der Waals surface area contributed by atoms with Crippen LogP contribution >= 0.6 is 11.3 Å². The third-order valence-electron chi connectivity index (χ3n) is 3.37. The maximum Gasteiger partial charge on any atom is 0.280 e. The van der Waals surface area contributed by atoms with Gasteiger partial charge in [-0.25, -0.2) is 13.4 Å². The normalized spacial score (nSPS) is 21.1. The molecule has 3 rings (SSSR count). The number of rotatable bonds is 3. The van der Waals surface area contributed by atoms with Crippen LogP contribution in [0.4, 0.5) is 0 Å². The first-order valence-electron chi connectivity index (χ1n) is 6.38. The Balaban J connectivity index is 1.65. The number of hydrogen-bond acceptors (Lipinski definition) is 5. The van der Waals surface area contributed by atoms with Crippen molar-refractivity contribution in [1.82, 2.24) is 10.3 Å². The minimum atomic E-state index is -2.89. The molecule has 106 valence electrons. The summed E-state index contributed by atoms with van der Waals surface area (Å²) in [5, 5.41) is 3.21. The molecule has 0 unspecified atom stereocenters. The van der Waals surface area contributed by atoms with E-state index in [1.165, 1.54) is 11.3 Å². The molecule has 0 spiro atoms. The van der Waals surface area contributed by atoms with Crippen LogP contribution < -0.4 is 5.32 Å². The summed E-state index contributed by atoms with van der Waals surface area (Å²) in [7, 11) is -2.89. The molecule has 1 aromatic heterocycles. The topological polar surface area (TPSA) is 76.1 Å². The average molecular weight is 310 g/mol. The van der Waals surface area contributed by atoms with E-state index in [2.05, 4.69) is 10.3 Å². The molecule has 0 radical (unpaired) electrons. The van der Waals surface area contributed by atoms with Gasteiger partial charge in [-0.3, -0.25) is 4.79 Å². The fraction of sp³-hybridized carbons (Fsp3) is 0.385. The molecule has 5 nitrogen and oxygen atoms in total. The van der Waals surface area contributed by atoms with E-state index in [4.69, 9.17) is 0 Å². The van der Waals surface area contributed by atoms with E-state index in [1.54, 1.807) is 0 Å². The van der Waals surface area contributed by atoms with Crippen molar-refractivity contribution in [1.29, 1.82) is 0 Å². The van der Waals surface area contributed by atoms with Crippen molar-refractivity contribution in [2.75, 3.05) is 18.1 Å². The third kappa shape index (κ3) is 2.83. The standard InChI is InChI=1S/C13H14N2O3S2/c16-12(14-7-9-5-6-20(17,18)8-9)13-15-10-3-1-2-4-11(10)19-13/h1-4,9H,5-8H2,(H,14,16)/t9-/m1/s1. The van der Waals surface area contributed by atoms with Crippen LogP contribution in [0, 0.1) is 5.92 Å². The zero-order valence-electron chi connectivity index (χ0n) is 10.7. The monoisotopic (exact) mass is 310 g/mol. The lowest BCUT2D eigenvalue weighted by Gasteiger charge is -2.07. The van der Waals surface area contributed by atoms with Crippen molar-refractivity contribution in [3.63, 3.8) is 0 Å². The van der Waals surface area contributed by atoms with E-state index < -0.39 is 9.84 Å². The van der Waals surface area contributed by atoms with Crippen molar-refractivity contribution in [2.24, 2.45) is 5.92 Å². The molecule has 2 heterocycles. The van der Waals surface area contributed by atoms with Crippen LogP contribution in [0.5, 0.6) is 0 Å². The number of nitrogens with one attached hydrogen (secondary N) is 1. The van der Waals surface area contributed by atoms with Crippen LogP contribution in [0.2, 0.25) is 0 Å². The van der Waals surface area contributed by atoms with E-state index in [9.17, 15) is 13.2 Å². The van der Waals surface area contributed by atoms with Gasteiger partial charge in [0.25, 0.3) is 5.91 Å². The summed E-state index contributed by atoms with van der Waals surface area (Å²) in [4.78, 5) is 16.3. The number of sulfone groups is 1. The van der Waals surface area contributed by atoms with Gasteiger partial charge in [0, 0.05) is 6.54 Å². The van der Waals surface area contributed by atoms with Gasteiger partial charge in [0.15, 0.2) is 14.8 Å². The zero-order valence-corrected chi connectivity index (χ0v) is 12.3. The second kappa shape index (κ2) is 5.14. The number of thiazole rings is 1. The number of nitrogens with zero attached hydrogens (tertiary/aromatic N) is 1. The van der Waals surface area contributed by atoms with E-state index in [0.717, 1.165) is 10.2 Å². The molecule has 1 N–H and O–H groups in total. The predicted molar refractivity (Wildman–Crippen MR) is 78.7 cm³/mol. The summed E-state index contributed by atoms with van der Waals surface area (Å²) in [5.74, 6) is 0.204. The second-order valence-electron chi connectivity index (χ2n) is 4.97. The van der Waals surface area contributed by atoms with Gasteiger partial charge in [0.1, 0.15) is 0 Å². The molecule has 1 aliphatic heterocycles. The number of amides is 1. The largest absolute Gasteiger partial charge is 0.350 e. The average Bonchev–Trinajstić information content (AvgIpc) is 2.99. The van der Waals surface area contributed by atoms with Gasteiger partial charge in [-0.05, 0) is 24.5 Å². The molecule has 0 saturated carbocycles. The van der Waals surface area contributed by atoms with Crippen molar-refractivity contribution < 1.29 is 13.2 Å². The van der Waals surface area contributed by atoms with Crippen molar-refractivity contribution in [3.05, 3.63) is 29.3 Å². The maximum absolute atomic E-state index is 12.0. The fourth-order valence-electron chi connectivity index (χ4n) is 2.31. The molecular weight excluding hydrogens is 296 g/mol.